The summed E-state index contributed by atoms with van der Waals surface area (Å²) >= 11 is 0. The summed E-state index contributed by atoms with van der Waals surface area (Å²) in [5.41, 5.74) is 0. The molecule has 1 fully saturated rings. The van der Waals surface area contributed by atoms with Gasteiger partial charge >= 0.3 is 0 Å². The van der Waals surface area contributed by atoms with Crippen LogP contribution in [0.2, 0.25) is 0 Å². The van der Waals surface area contributed by atoms with Gasteiger partial charge in [0, 0.05) is 6.54 Å². The fourth-order valence-corrected chi connectivity index (χ4v) is 2.50. The van der Waals surface area contributed by atoms with Crippen molar-refractivity contribution in [3.05, 3.63) is 24.2 Å². The van der Waals surface area contributed by atoms with Crippen molar-refractivity contribution in [2.75, 3.05) is 13.1 Å². The third-order valence-corrected chi connectivity index (χ3v) is 3.57. The lowest BCUT2D eigenvalue weighted by Gasteiger charge is -2.21. The lowest BCUT2D eigenvalue weighted by Crippen LogP contribution is -2.85. The van der Waals surface area contributed by atoms with E-state index in [4.69, 9.17) is 4.42 Å². The van der Waals surface area contributed by atoms with E-state index < -0.39 is 0 Å². The second-order valence-corrected chi connectivity index (χ2v) is 5.08. The number of nitrogens with two attached hydrogens (primary N) is 1. The smallest absolute Gasteiger partial charge is 0.275 e. The quantitative estimate of drug-likeness (QED) is 0.793. The highest BCUT2D eigenvalue weighted by Crippen LogP contribution is 2.22. The number of rotatable bonds is 6. The van der Waals surface area contributed by atoms with E-state index in [0.29, 0.717) is 12.5 Å². The first kappa shape index (κ1) is 13.1. The van der Waals surface area contributed by atoms with Crippen LogP contribution in [0.1, 0.15) is 37.9 Å². The summed E-state index contributed by atoms with van der Waals surface area (Å²) in [5, 5.41) is 5.00. The zero-order chi connectivity index (χ0) is 12.6. The minimum absolute atomic E-state index is 0.132. The minimum Gasteiger partial charge on any atom is -0.463 e. The second kappa shape index (κ2) is 7.21. The van der Waals surface area contributed by atoms with Crippen molar-refractivity contribution in [3.8, 4) is 0 Å². The fourth-order valence-electron chi connectivity index (χ4n) is 2.50. The molecule has 1 aliphatic carbocycles. The van der Waals surface area contributed by atoms with E-state index in [0.717, 1.165) is 18.8 Å². The molecule has 0 saturated heterocycles. The summed E-state index contributed by atoms with van der Waals surface area (Å²) in [4.78, 5) is 11.6. The van der Waals surface area contributed by atoms with Gasteiger partial charge in [-0.25, -0.2) is 0 Å². The van der Waals surface area contributed by atoms with Gasteiger partial charge in [-0.15, -0.1) is 0 Å². The predicted octanol–water partition coefficient (Wildman–Crippen LogP) is 1.04. The van der Waals surface area contributed by atoms with Gasteiger partial charge < -0.3 is 15.1 Å². The van der Waals surface area contributed by atoms with E-state index >= 15 is 0 Å². The van der Waals surface area contributed by atoms with Gasteiger partial charge in [-0.1, -0.05) is 19.3 Å². The molecule has 0 bridgehead atoms. The molecular formula is C14H23N2O2+. The monoisotopic (exact) mass is 251 g/mol. The average Bonchev–Trinajstić information content (AvgIpc) is 2.91. The van der Waals surface area contributed by atoms with Crippen molar-refractivity contribution in [1.82, 2.24) is 5.32 Å². The minimum atomic E-state index is 0.132. The number of amides is 1. The molecular weight excluding hydrogens is 228 g/mol. The maximum absolute atomic E-state index is 11.6. The maximum Gasteiger partial charge on any atom is 0.275 e. The van der Waals surface area contributed by atoms with Crippen LogP contribution in [0.5, 0.6) is 0 Å². The van der Waals surface area contributed by atoms with Crippen LogP contribution in [-0.2, 0) is 11.3 Å². The molecule has 0 radical (unpaired) electrons. The van der Waals surface area contributed by atoms with Gasteiger partial charge in [0.2, 0.25) is 0 Å². The van der Waals surface area contributed by atoms with E-state index in [-0.39, 0.29) is 5.91 Å². The molecule has 100 valence electrons. The summed E-state index contributed by atoms with van der Waals surface area (Å²) in [5.74, 6) is 1.75. The van der Waals surface area contributed by atoms with Crippen LogP contribution in [0.15, 0.2) is 22.8 Å². The van der Waals surface area contributed by atoms with Gasteiger partial charge in [-0.2, -0.15) is 0 Å². The zero-order valence-electron chi connectivity index (χ0n) is 10.9. The first-order valence-corrected chi connectivity index (χ1v) is 6.95. The molecule has 1 saturated carbocycles. The van der Waals surface area contributed by atoms with Crippen LogP contribution < -0.4 is 10.6 Å². The number of hydrogen-bond acceptors (Lipinski definition) is 2. The third-order valence-electron chi connectivity index (χ3n) is 3.57. The summed E-state index contributed by atoms with van der Waals surface area (Å²) < 4.78 is 5.21. The Morgan fingerprint density at radius 3 is 2.94 bits per heavy atom. The second-order valence-electron chi connectivity index (χ2n) is 5.08. The predicted molar refractivity (Wildman–Crippen MR) is 68.8 cm³/mol. The van der Waals surface area contributed by atoms with Crippen molar-refractivity contribution in [1.29, 1.82) is 0 Å². The lowest BCUT2D eigenvalue weighted by atomic mass is 9.89. The van der Waals surface area contributed by atoms with E-state index in [9.17, 15) is 4.79 Å². The van der Waals surface area contributed by atoms with Crippen molar-refractivity contribution in [3.63, 3.8) is 0 Å². The molecule has 1 aromatic heterocycles. The van der Waals surface area contributed by atoms with Gasteiger partial charge in [0.15, 0.2) is 12.3 Å². The van der Waals surface area contributed by atoms with Crippen LogP contribution in [0, 0.1) is 5.92 Å². The normalized spacial score (nSPS) is 16.7. The summed E-state index contributed by atoms with van der Waals surface area (Å²) in [7, 11) is 0. The molecule has 18 heavy (non-hydrogen) atoms. The molecule has 1 heterocycles. The van der Waals surface area contributed by atoms with Gasteiger partial charge in [-0.05, 0) is 30.9 Å². The molecule has 4 heteroatoms. The summed E-state index contributed by atoms with van der Waals surface area (Å²) in [6, 6.07) is 3.79. The Morgan fingerprint density at radius 2 is 2.22 bits per heavy atom. The third kappa shape index (κ3) is 4.53. The molecule has 3 N–H and O–H groups in total. The van der Waals surface area contributed by atoms with E-state index in [1.165, 1.54) is 32.1 Å². The number of nitrogens with one attached hydrogen (secondary N) is 1. The lowest BCUT2D eigenvalue weighted by molar-refractivity contribution is -0.661. The van der Waals surface area contributed by atoms with Crippen LogP contribution >= 0.6 is 0 Å². The first-order chi connectivity index (χ1) is 8.84. The fraction of sp³-hybridized carbons (Fsp3) is 0.643. The summed E-state index contributed by atoms with van der Waals surface area (Å²) in [6.07, 6.45) is 8.22. The molecule has 4 nitrogen and oxygen atoms in total. The van der Waals surface area contributed by atoms with Crippen LogP contribution in [0.4, 0.5) is 0 Å². The molecule has 1 aliphatic rings. The Hall–Kier alpha value is -1.29. The number of hydrogen-bond donors (Lipinski definition) is 2. The van der Waals surface area contributed by atoms with Crippen molar-refractivity contribution < 1.29 is 14.5 Å². The average molecular weight is 251 g/mol. The number of carbonyl (C=O) groups excluding carboxylic acids is 1. The molecule has 2 rings (SSSR count). The molecule has 0 aliphatic heterocycles. The molecule has 0 atom stereocenters. The Labute approximate surface area is 108 Å². The van der Waals surface area contributed by atoms with Crippen molar-refractivity contribution in [2.45, 2.75) is 38.6 Å². The number of carbonyl (C=O) groups is 1. The van der Waals surface area contributed by atoms with Crippen molar-refractivity contribution in [2.24, 2.45) is 5.92 Å². The van der Waals surface area contributed by atoms with Gasteiger partial charge in [0.05, 0.1) is 6.26 Å². The molecule has 1 amide bonds. The highest BCUT2D eigenvalue weighted by molar-refractivity contribution is 5.76. The standard InChI is InChI=1S/C14H22N2O2/c17-14(11-15-10-13-7-4-8-18-13)16-9-12-5-2-1-3-6-12/h4,7-8,12,15H,1-3,5-6,9-11H2,(H,16,17)/p+1. The van der Waals surface area contributed by atoms with E-state index in [2.05, 4.69) is 5.32 Å². The van der Waals surface area contributed by atoms with Crippen molar-refractivity contribution >= 4 is 5.91 Å². The Morgan fingerprint density at radius 1 is 1.39 bits per heavy atom. The van der Waals surface area contributed by atoms with Gasteiger partial charge in [0.25, 0.3) is 5.91 Å². The SMILES string of the molecule is O=C(C[NH2+]Cc1ccco1)NCC1CCCCC1. The zero-order valence-corrected chi connectivity index (χ0v) is 10.9. The van der Waals surface area contributed by atoms with E-state index in [1.54, 1.807) is 6.26 Å². The number of furan rings is 1. The molecule has 0 spiro atoms. The number of quaternary nitrogens is 1. The van der Waals surface area contributed by atoms with Crippen LogP contribution in [-0.4, -0.2) is 19.0 Å². The highest BCUT2D eigenvalue weighted by Gasteiger charge is 2.14. The molecule has 0 aromatic carbocycles. The largest absolute Gasteiger partial charge is 0.463 e. The molecule has 1 aromatic rings. The Bertz CT molecular complexity index is 343. The van der Waals surface area contributed by atoms with E-state index in [1.807, 2.05) is 17.4 Å². The first-order valence-electron chi connectivity index (χ1n) is 6.95. The maximum atomic E-state index is 11.6. The Balaban J connectivity index is 1.54. The van der Waals surface area contributed by atoms with Crippen LogP contribution in [0.3, 0.4) is 0 Å². The Kier molecular flexibility index (Phi) is 5.27. The van der Waals surface area contributed by atoms with Gasteiger partial charge in [0.1, 0.15) is 6.54 Å². The van der Waals surface area contributed by atoms with Crippen LogP contribution in [0.25, 0.3) is 0 Å². The summed E-state index contributed by atoms with van der Waals surface area (Å²) in [6.45, 7) is 2.06. The topological polar surface area (TPSA) is 58.9 Å². The highest BCUT2D eigenvalue weighted by atomic mass is 16.3. The van der Waals surface area contributed by atoms with Gasteiger partial charge in [-0.3, -0.25) is 4.79 Å². The molecule has 0 unspecified atom stereocenters.